The first-order valence-electron chi connectivity index (χ1n) is 5.21. The van der Waals surface area contributed by atoms with Crippen molar-refractivity contribution in [2.24, 2.45) is 11.3 Å². The third kappa shape index (κ3) is 1.66. The van der Waals surface area contributed by atoms with Gasteiger partial charge in [0.15, 0.2) is 0 Å². The minimum atomic E-state index is 0.557. The van der Waals surface area contributed by atoms with Crippen LogP contribution in [0.3, 0.4) is 0 Å². The zero-order valence-corrected chi connectivity index (χ0v) is 9.29. The average molecular weight is 184 g/mol. The summed E-state index contributed by atoms with van der Waals surface area (Å²) in [5, 5.41) is 2.04. The Kier molecular flexibility index (Phi) is 2.18. The minimum absolute atomic E-state index is 0.557. The van der Waals surface area contributed by atoms with E-state index in [9.17, 15) is 0 Å². The van der Waals surface area contributed by atoms with Crippen molar-refractivity contribution in [3.05, 3.63) is 0 Å². The first-order chi connectivity index (χ1) is 5.55. The van der Waals surface area contributed by atoms with Crippen LogP contribution in [-0.4, -0.2) is 10.5 Å². The highest BCUT2D eigenvalue weighted by Crippen LogP contribution is 2.50. The Morgan fingerprint density at radius 2 is 1.50 bits per heavy atom. The molecule has 2 bridgehead atoms. The highest BCUT2D eigenvalue weighted by atomic mass is 32.2. The van der Waals surface area contributed by atoms with Crippen LogP contribution in [0.25, 0.3) is 0 Å². The normalized spacial score (nSPS) is 41.8. The van der Waals surface area contributed by atoms with Crippen LogP contribution in [-0.2, 0) is 0 Å². The van der Waals surface area contributed by atoms with Gasteiger partial charge in [0.05, 0.1) is 0 Å². The summed E-state index contributed by atoms with van der Waals surface area (Å²) < 4.78 is 0. The lowest BCUT2D eigenvalue weighted by Crippen LogP contribution is -2.28. The van der Waals surface area contributed by atoms with Gasteiger partial charge in [0.1, 0.15) is 0 Å². The smallest absolute Gasteiger partial charge is 0.00530 e. The Morgan fingerprint density at radius 3 is 1.92 bits per heavy atom. The molecule has 2 heterocycles. The molecule has 0 N–H and O–H groups in total. The molecule has 0 aliphatic carbocycles. The summed E-state index contributed by atoms with van der Waals surface area (Å²) in [6.45, 7) is 7.23. The summed E-state index contributed by atoms with van der Waals surface area (Å²) in [5.41, 5.74) is 0.557. The van der Waals surface area contributed by atoms with E-state index in [1.807, 2.05) is 0 Å². The van der Waals surface area contributed by atoms with E-state index in [0.717, 1.165) is 16.4 Å². The summed E-state index contributed by atoms with van der Waals surface area (Å²) >= 11 is 2.27. The number of rotatable bonds is 0. The van der Waals surface area contributed by atoms with Gasteiger partial charge in [-0.15, -0.1) is 0 Å². The van der Waals surface area contributed by atoms with Gasteiger partial charge >= 0.3 is 0 Å². The Bertz CT molecular complexity index is 156. The van der Waals surface area contributed by atoms with Crippen LogP contribution < -0.4 is 0 Å². The molecule has 2 saturated heterocycles. The molecule has 2 rings (SSSR count). The standard InChI is InChI=1S/C11H20S/c1-11(2,3)8-6-9-4-5-10(7-8)12-9/h8-10H,4-7H2,1-3H3. The lowest BCUT2D eigenvalue weighted by Gasteiger charge is -2.36. The van der Waals surface area contributed by atoms with E-state index in [1.165, 1.54) is 25.7 Å². The van der Waals surface area contributed by atoms with E-state index in [-0.39, 0.29) is 0 Å². The van der Waals surface area contributed by atoms with Gasteiger partial charge in [0, 0.05) is 10.5 Å². The van der Waals surface area contributed by atoms with E-state index in [4.69, 9.17) is 0 Å². The highest BCUT2D eigenvalue weighted by molar-refractivity contribution is 8.00. The maximum Gasteiger partial charge on any atom is 0.00530 e. The number of hydrogen-bond donors (Lipinski definition) is 0. The van der Waals surface area contributed by atoms with E-state index in [0.29, 0.717) is 5.41 Å². The van der Waals surface area contributed by atoms with E-state index in [1.54, 1.807) is 0 Å². The number of fused-ring (bicyclic) bond motifs is 2. The van der Waals surface area contributed by atoms with Crippen LogP contribution in [0.2, 0.25) is 0 Å². The molecule has 2 aliphatic heterocycles. The lowest BCUT2D eigenvalue weighted by atomic mass is 9.76. The quantitative estimate of drug-likeness (QED) is 0.553. The lowest BCUT2D eigenvalue weighted by molar-refractivity contribution is 0.213. The van der Waals surface area contributed by atoms with Crippen molar-refractivity contribution < 1.29 is 0 Å². The molecule has 2 atom stereocenters. The van der Waals surface area contributed by atoms with Crippen molar-refractivity contribution in [3.63, 3.8) is 0 Å². The third-order valence-corrected chi connectivity index (χ3v) is 5.14. The Morgan fingerprint density at radius 1 is 1.00 bits per heavy atom. The SMILES string of the molecule is CC(C)(C)C1CC2CCC(C1)S2. The molecule has 70 valence electrons. The third-order valence-electron chi connectivity index (χ3n) is 3.52. The molecule has 12 heavy (non-hydrogen) atoms. The Labute approximate surface area is 80.5 Å². The first-order valence-corrected chi connectivity index (χ1v) is 6.15. The zero-order chi connectivity index (χ0) is 8.77. The van der Waals surface area contributed by atoms with Crippen molar-refractivity contribution in [2.45, 2.75) is 57.0 Å². The fourth-order valence-electron chi connectivity index (χ4n) is 2.56. The second kappa shape index (κ2) is 2.94. The summed E-state index contributed by atoms with van der Waals surface area (Å²) in [6.07, 6.45) is 5.99. The molecule has 0 radical (unpaired) electrons. The molecule has 0 aromatic heterocycles. The number of thioether (sulfide) groups is 1. The van der Waals surface area contributed by atoms with Gasteiger partial charge in [-0.2, -0.15) is 11.8 Å². The molecule has 0 amide bonds. The predicted octanol–water partition coefficient (Wildman–Crippen LogP) is 3.71. The highest BCUT2D eigenvalue weighted by Gasteiger charge is 2.39. The van der Waals surface area contributed by atoms with Gasteiger partial charge in [-0.25, -0.2) is 0 Å². The monoisotopic (exact) mass is 184 g/mol. The average Bonchev–Trinajstić information content (AvgIpc) is 2.28. The van der Waals surface area contributed by atoms with Crippen LogP contribution in [0, 0.1) is 11.3 Å². The van der Waals surface area contributed by atoms with Crippen LogP contribution >= 0.6 is 11.8 Å². The van der Waals surface area contributed by atoms with Gasteiger partial charge in [-0.05, 0) is 37.0 Å². The molecule has 0 aromatic carbocycles. The minimum Gasteiger partial charge on any atom is -0.155 e. The molecule has 2 fully saturated rings. The molecule has 0 spiro atoms. The predicted molar refractivity (Wildman–Crippen MR) is 56.6 cm³/mol. The van der Waals surface area contributed by atoms with Crippen molar-refractivity contribution in [1.29, 1.82) is 0 Å². The Balaban J connectivity index is 2.03. The topological polar surface area (TPSA) is 0 Å². The van der Waals surface area contributed by atoms with Crippen molar-refractivity contribution in [2.75, 3.05) is 0 Å². The van der Waals surface area contributed by atoms with Gasteiger partial charge < -0.3 is 0 Å². The van der Waals surface area contributed by atoms with Gasteiger partial charge in [0.25, 0.3) is 0 Å². The van der Waals surface area contributed by atoms with Crippen LogP contribution in [0.5, 0.6) is 0 Å². The van der Waals surface area contributed by atoms with Crippen LogP contribution in [0.15, 0.2) is 0 Å². The van der Waals surface area contributed by atoms with Crippen molar-refractivity contribution >= 4 is 11.8 Å². The maximum atomic E-state index is 2.41. The van der Waals surface area contributed by atoms with E-state index < -0.39 is 0 Å². The van der Waals surface area contributed by atoms with Gasteiger partial charge in [-0.1, -0.05) is 20.8 Å². The van der Waals surface area contributed by atoms with E-state index >= 15 is 0 Å². The molecular weight excluding hydrogens is 164 g/mol. The molecule has 2 aliphatic rings. The molecule has 0 saturated carbocycles. The maximum absolute atomic E-state index is 2.41. The van der Waals surface area contributed by atoms with E-state index in [2.05, 4.69) is 32.5 Å². The summed E-state index contributed by atoms with van der Waals surface area (Å²) in [6, 6.07) is 0. The van der Waals surface area contributed by atoms with Gasteiger partial charge in [0.2, 0.25) is 0 Å². The van der Waals surface area contributed by atoms with Crippen LogP contribution in [0.4, 0.5) is 0 Å². The van der Waals surface area contributed by atoms with Gasteiger partial charge in [-0.3, -0.25) is 0 Å². The second-order valence-corrected chi connectivity index (χ2v) is 7.10. The fourth-order valence-corrected chi connectivity index (χ4v) is 4.34. The molecule has 0 nitrogen and oxygen atoms in total. The number of hydrogen-bond acceptors (Lipinski definition) is 1. The molecule has 1 heteroatoms. The van der Waals surface area contributed by atoms with Crippen LogP contribution in [0.1, 0.15) is 46.5 Å². The van der Waals surface area contributed by atoms with Crippen molar-refractivity contribution in [3.8, 4) is 0 Å². The van der Waals surface area contributed by atoms with Crippen molar-refractivity contribution in [1.82, 2.24) is 0 Å². The Hall–Kier alpha value is 0.350. The molecule has 0 aromatic rings. The summed E-state index contributed by atoms with van der Waals surface area (Å²) in [7, 11) is 0. The molecular formula is C11H20S. The summed E-state index contributed by atoms with van der Waals surface area (Å²) in [5.74, 6) is 0.997. The largest absolute Gasteiger partial charge is 0.155 e. The zero-order valence-electron chi connectivity index (χ0n) is 8.47. The molecule has 2 unspecified atom stereocenters. The second-order valence-electron chi connectivity index (χ2n) is 5.49. The fraction of sp³-hybridized carbons (Fsp3) is 1.00. The first kappa shape index (κ1) is 8.93. The summed E-state index contributed by atoms with van der Waals surface area (Å²) in [4.78, 5) is 0.